The van der Waals surface area contributed by atoms with Gasteiger partial charge in [-0.15, -0.1) is 0 Å². The molecule has 2 atom stereocenters. The molecule has 0 unspecified atom stereocenters. The zero-order chi connectivity index (χ0) is 10.3. The Balaban J connectivity index is 2.56. The van der Waals surface area contributed by atoms with Gasteiger partial charge in [-0.05, 0) is 18.8 Å². The van der Waals surface area contributed by atoms with Crippen LogP contribution < -0.4 is 5.14 Å². The Labute approximate surface area is 74.2 Å². The molecule has 1 saturated carbocycles. The molecule has 0 aromatic rings. The van der Waals surface area contributed by atoms with Crippen molar-refractivity contribution < 1.29 is 21.6 Å². The smallest absolute Gasteiger partial charge is 0.229 e. The van der Waals surface area contributed by atoms with Gasteiger partial charge in [0.05, 0.1) is 11.7 Å². The molecule has 1 aliphatic carbocycles. The molecule has 3 nitrogen and oxygen atoms in total. The van der Waals surface area contributed by atoms with E-state index in [-0.39, 0.29) is 6.42 Å². The van der Waals surface area contributed by atoms with Crippen molar-refractivity contribution in [1.29, 1.82) is 0 Å². The van der Waals surface area contributed by atoms with E-state index in [0.717, 1.165) is 0 Å². The lowest BCUT2D eigenvalue weighted by atomic mass is 9.74. The van der Waals surface area contributed by atoms with Gasteiger partial charge in [0.1, 0.15) is 0 Å². The van der Waals surface area contributed by atoms with E-state index in [9.17, 15) is 21.6 Å². The molecule has 0 amide bonds. The summed E-state index contributed by atoms with van der Waals surface area (Å²) in [5, 5.41) is 4.66. The van der Waals surface area contributed by atoms with Crippen LogP contribution in [-0.4, -0.2) is 20.3 Å². The largest absolute Gasteiger partial charge is 0.392 e. The van der Waals surface area contributed by atoms with Crippen LogP contribution in [0.2, 0.25) is 0 Å². The highest BCUT2D eigenvalue weighted by atomic mass is 32.2. The van der Waals surface area contributed by atoms with Gasteiger partial charge in [0.2, 0.25) is 10.0 Å². The zero-order valence-electron chi connectivity index (χ0n) is 6.71. The normalized spacial score (nSPS) is 29.8. The van der Waals surface area contributed by atoms with E-state index in [1.165, 1.54) is 0 Å². The Kier molecular flexibility index (Phi) is 2.59. The second-order valence-electron chi connectivity index (χ2n) is 3.32. The van der Waals surface area contributed by atoms with Crippen LogP contribution in [0.25, 0.3) is 0 Å². The lowest BCUT2D eigenvalue weighted by Gasteiger charge is -2.37. The van der Waals surface area contributed by atoms with Crippen LogP contribution in [0, 0.1) is 11.8 Å². The maximum atomic E-state index is 12.1. The summed E-state index contributed by atoms with van der Waals surface area (Å²) in [6, 6.07) is 0. The molecule has 1 fully saturated rings. The second kappa shape index (κ2) is 3.13. The summed E-state index contributed by atoms with van der Waals surface area (Å²) >= 11 is 0. The van der Waals surface area contributed by atoms with Crippen LogP contribution in [0.3, 0.4) is 0 Å². The second-order valence-corrected chi connectivity index (χ2v) is 4.97. The van der Waals surface area contributed by atoms with Crippen molar-refractivity contribution >= 4 is 10.0 Å². The van der Waals surface area contributed by atoms with Crippen LogP contribution in [0.5, 0.6) is 0 Å². The minimum absolute atomic E-state index is 0.0175. The highest BCUT2D eigenvalue weighted by molar-refractivity contribution is 7.89. The van der Waals surface area contributed by atoms with Gasteiger partial charge < -0.3 is 0 Å². The highest BCUT2D eigenvalue weighted by Crippen LogP contribution is 2.45. The van der Waals surface area contributed by atoms with Crippen molar-refractivity contribution in [2.75, 3.05) is 5.75 Å². The van der Waals surface area contributed by atoms with Gasteiger partial charge in [0.15, 0.2) is 0 Å². The van der Waals surface area contributed by atoms with Crippen molar-refractivity contribution in [2.45, 2.75) is 19.0 Å². The van der Waals surface area contributed by atoms with Crippen LogP contribution in [-0.2, 0) is 10.0 Å². The Morgan fingerprint density at radius 2 is 1.85 bits per heavy atom. The molecule has 0 aliphatic heterocycles. The van der Waals surface area contributed by atoms with E-state index in [1.807, 2.05) is 0 Å². The Hall–Kier alpha value is -0.300. The maximum Gasteiger partial charge on any atom is 0.392 e. The number of nitrogens with two attached hydrogens (primary N) is 1. The lowest BCUT2D eigenvalue weighted by Crippen LogP contribution is -2.42. The van der Waals surface area contributed by atoms with Gasteiger partial charge in [-0.25, -0.2) is 13.6 Å². The fourth-order valence-corrected chi connectivity index (χ4v) is 2.49. The van der Waals surface area contributed by atoms with Gasteiger partial charge in [-0.3, -0.25) is 0 Å². The number of hydrogen-bond donors (Lipinski definition) is 1. The molecule has 0 radical (unpaired) electrons. The average Bonchev–Trinajstić information content (AvgIpc) is 1.73. The van der Waals surface area contributed by atoms with Gasteiger partial charge >= 0.3 is 6.18 Å². The third-order valence-corrected chi connectivity index (χ3v) is 3.18. The summed E-state index contributed by atoms with van der Waals surface area (Å²) in [6.07, 6.45) is -3.97. The number of sulfonamides is 1. The van der Waals surface area contributed by atoms with Gasteiger partial charge in [0.25, 0.3) is 0 Å². The number of halogens is 3. The van der Waals surface area contributed by atoms with Gasteiger partial charge in [0, 0.05) is 0 Å². The minimum Gasteiger partial charge on any atom is -0.229 e. The number of rotatable bonds is 2. The number of alkyl halides is 3. The fourth-order valence-electron chi connectivity index (χ4n) is 1.50. The summed E-state index contributed by atoms with van der Waals surface area (Å²) in [6.45, 7) is 0. The monoisotopic (exact) mass is 217 g/mol. The standard InChI is InChI=1S/C6H10F3NO2S/c7-6(8,9)5-2-1-4(5)3-13(10,11)12/h4-5H,1-3H2,(H2,10,11,12)/t4-,5+/m0/s1. The molecular formula is C6H10F3NO2S. The number of primary sulfonamides is 1. The molecule has 2 N–H and O–H groups in total. The summed E-state index contributed by atoms with van der Waals surface area (Å²) in [5.74, 6) is -2.88. The van der Waals surface area contributed by atoms with Crippen LogP contribution in [0.1, 0.15) is 12.8 Å². The van der Waals surface area contributed by atoms with Crippen molar-refractivity contribution in [3.05, 3.63) is 0 Å². The van der Waals surface area contributed by atoms with Crippen molar-refractivity contribution in [2.24, 2.45) is 17.0 Å². The SMILES string of the molecule is NS(=O)(=O)C[C@@H]1CC[C@H]1C(F)(F)F. The van der Waals surface area contributed by atoms with Gasteiger partial charge in [-0.2, -0.15) is 13.2 Å². The molecule has 1 rings (SSSR count). The van der Waals surface area contributed by atoms with Crippen LogP contribution in [0.15, 0.2) is 0 Å². The molecule has 78 valence electrons. The van der Waals surface area contributed by atoms with Crippen molar-refractivity contribution in [1.82, 2.24) is 0 Å². The Morgan fingerprint density at radius 1 is 1.31 bits per heavy atom. The predicted molar refractivity (Wildman–Crippen MR) is 40.2 cm³/mol. The Bertz CT molecular complexity index is 285. The minimum atomic E-state index is -4.28. The molecular weight excluding hydrogens is 207 g/mol. The molecule has 0 saturated heterocycles. The molecule has 0 spiro atoms. The van der Waals surface area contributed by atoms with Crippen LogP contribution >= 0.6 is 0 Å². The number of hydrogen-bond acceptors (Lipinski definition) is 2. The Morgan fingerprint density at radius 3 is 2.08 bits per heavy atom. The fraction of sp³-hybridized carbons (Fsp3) is 1.00. The molecule has 13 heavy (non-hydrogen) atoms. The third-order valence-electron chi connectivity index (χ3n) is 2.28. The molecule has 7 heteroatoms. The zero-order valence-corrected chi connectivity index (χ0v) is 7.53. The molecule has 0 aromatic heterocycles. The van der Waals surface area contributed by atoms with Gasteiger partial charge in [-0.1, -0.05) is 0 Å². The van der Waals surface area contributed by atoms with E-state index in [2.05, 4.69) is 5.14 Å². The van der Waals surface area contributed by atoms with E-state index in [0.29, 0.717) is 6.42 Å². The molecule has 0 aromatic carbocycles. The molecule has 1 aliphatic rings. The maximum absolute atomic E-state index is 12.1. The summed E-state index contributed by atoms with van der Waals surface area (Å²) in [4.78, 5) is 0. The first-order valence-corrected chi connectivity index (χ1v) is 5.49. The predicted octanol–water partition coefficient (Wildman–Crippen LogP) is 0.863. The summed E-state index contributed by atoms with van der Waals surface area (Å²) in [5.41, 5.74) is 0. The van der Waals surface area contributed by atoms with E-state index >= 15 is 0 Å². The average molecular weight is 217 g/mol. The first-order chi connectivity index (χ1) is 5.70. The first-order valence-electron chi connectivity index (χ1n) is 3.77. The quantitative estimate of drug-likeness (QED) is 0.745. The van der Waals surface area contributed by atoms with Crippen molar-refractivity contribution in [3.8, 4) is 0 Å². The van der Waals surface area contributed by atoms with E-state index < -0.39 is 33.8 Å². The lowest BCUT2D eigenvalue weighted by molar-refractivity contribution is -0.209. The van der Waals surface area contributed by atoms with E-state index in [4.69, 9.17) is 0 Å². The third kappa shape index (κ3) is 2.84. The highest BCUT2D eigenvalue weighted by Gasteiger charge is 2.50. The van der Waals surface area contributed by atoms with E-state index in [1.54, 1.807) is 0 Å². The molecule has 0 bridgehead atoms. The summed E-state index contributed by atoms with van der Waals surface area (Å²) < 4.78 is 57.3. The van der Waals surface area contributed by atoms with Crippen molar-refractivity contribution in [3.63, 3.8) is 0 Å². The van der Waals surface area contributed by atoms with Crippen LogP contribution in [0.4, 0.5) is 13.2 Å². The first kappa shape index (κ1) is 10.8. The topological polar surface area (TPSA) is 60.2 Å². The molecule has 0 heterocycles. The summed E-state index contributed by atoms with van der Waals surface area (Å²) in [7, 11) is -3.78.